The first-order valence-corrected chi connectivity index (χ1v) is 17.4. The van der Waals surface area contributed by atoms with E-state index in [1.165, 1.54) is 11.9 Å². The smallest absolute Gasteiger partial charge is 0.272 e. The number of aryl methyl sites for hydroxylation is 2. The molecule has 252 valence electrons. The lowest BCUT2D eigenvalue weighted by Crippen LogP contribution is -2.57. The molecule has 9 nitrogen and oxygen atoms in total. The number of nitrogens with one attached hydrogen (secondary N) is 1. The zero-order chi connectivity index (χ0) is 34.0. The molecule has 4 aromatic rings. The summed E-state index contributed by atoms with van der Waals surface area (Å²) in [6.07, 6.45) is 2.17. The number of aromatic nitrogens is 2. The summed E-state index contributed by atoms with van der Waals surface area (Å²) in [6.45, 7) is 11.0. The van der Waals surface area contributed by atoms with Crippen molar-refractivity contribution in [3.05, 3.63) is 101 Å². The third-order valence-corrected chi connectivity index (χ3v) is 8.88. The summed E-state index contributed by atoms with van der Waals surface area (Å²) < 4.78 is 15.6. The first kappa shape index (κ1) is 34.9. The maximum Gasteiger partial charge on any atom is 0.272 e. The molecule has 1 aromatic heterocycles. The molecule has 0 fully saturated rings. The van der Waals surface area contributed by atoms with Crippen molar-refractivity contribution < 1.29 is 19.1 Å². The van der Waals surface area contributed by atoms with Crippen molar-refractivity contribution in [3.63, 3.8) is 0 Å². The van der Waals surface area contributed by atoms with Gasteiger partial charge >= 0.3 is 0 Å². The van der Waals surface area contributed by atoms with Crippen molar-refractivity contribution in [2.75, 3.05) is 24.5 Å². The van der Waals surface area contributed by atoms with Gasteiger partial charge in [0.2, 0.25) is 11.8 Å². The molecule has 2 amide bonds. The Kier molecular flexibility index (Phi) is 12.1. The van der Waals surface area contributed by atoms with Crippen molar-refractivity contribution in [1.29, 1.82) is 0 Å². The Balaban J connectivity index is 1.54. The van der Waals surface area contributed by atoms with Gasteiger partial charge in [0, 0.05) is 28.6 Å². The lowest BCUT2D eigenvalue weighted by Gasteiger charge is -2.41. The number of hydrazine groups is 1. The molecular formula is C38H45N5O4S. The van der Waals surface area contributed by atoms with E-state index in [1.807, 2.05) is 60.7 Å². The van der Waals surface area contributed by atoms with Crippen molar-refractivity contribution in [2.24, 2.45) is 5.92 Å². The molecule has 48 heavy (non-hydrogen) atoms. The van der Waals surface area contributed by atoms with E-state index in [1.54, 1.807) is 16.1 Å². The number of hydrogen-bond acceptors (Lipinski definition) is 8. The van der Waals surface area contributed by atoms with Crippen LogP contribution in [-0.2, 0) is 16.1 Å². The summed E-state index contributed by atoms with van der Waals surface area (Å²) in [5.74, 6) is 0.443. The predicted molar refractivity (Wildman–Crippen MR) is 190 cm³/mol. The number of nitrogens with zero attached hydrogens (tertiary/aromatic N) is 4. The highest BCUT2D eigenvalue weighted by Gasteiger charge is 2.34. The fourth-order valence-corrected chi connectivity index (χ4v) is 6.46. The molecule has 0 aliphatic carbocycles. The molecule has 3 aromatic carbocycles. The Bertz CT molecular complexity index is 1680. The van der Waals surface area contributed by atoms with Crippen LogP contribution in [0.25, 0.3) is 11.3 Å². The largest absolute Gasteiger partial charge is 0.475 e. The van der Waals surface area contributed by atoms with E-state index in [9.17, 15) is 9.59 Å². The number of ether oxygens (including phenoxy) is 2. The van der Waals surface area contributed by atoms with Crippen LogP contribution in [0.5, 0.6) is 5.88 Å². The van der Waals surface area contributed by atoms with Crippen LogP contribution in [-0.4, -0.2) is 57.6 Å². The first-order valence-electron chi connectivity index (χ1n) is 16.6. The molecule has 1 atom stereocenters. The van der Waals surface area contributed by atoms with E-state index in [2.05, 4.69) is 51.5 Å². The number of unbranched alkanes of at least 4 members (excludes halogenated alkanes) is 1. The molecule has 1 aliphatic rings. The van der Waals surface area contributed by atoms with Crippen molar-refractivity contribution in [2.45, 2.75) is 71.4 Å². The number of benzene rings is 3. The van der Waals surface area contributed by atoms with Gasteiger partial charge in [-0.3, -0.25) is 14.3 Å². The second-order valence-corrected chi connectivity index (χ2v) is 13.4. The highest BCUT2D eigenvalue weighted by atomic mass is 32.2. The van der Waals surface area contributed by atoms with Crippen LogP contribution in [0.1, 0.15) is 67.1 Å². The standard InChI is InChI=1S/C38H45N5O4S/c1-6-7-19-42(35(44)25-46-23-29-15-9-8-10-16-29)43-31(20-26(2)3)24-47-34-22-33(36-27(4)13-11-14-28(36)5)39-38(40-34)41-48-32-18-12-17-30(21-32)37(43)45/h8-18,21-22,26,31H,6-7,19-20,23-25H2,1-5H3,(H,39,40,41)/t31-/m1/s1. The van der Waals surface area contributed by atoms with Gasteiger partial charge in [-0.15, -0.1) is 0 Å². The summed E-state index contributed by atoms with van der Waals surface area (Å²) in [4.78, 5) is 39.0. The van der Waals surface area contributed by atoms with Gasteiger partial charge in [0.05, 0.1) is 18.3 Å². The Morgan fingerprint density at radius 2 is 1.79 bits per heavy atom. The molecule has 2 heterocycles. The summed E-state index contributed by atoms with van der Waals surface area (Å²) in [5, 5.41) is 3.20. The molecule has 0 saturated heterocycles. The molecule has 0 saturated carbocycles. The van der Waals surface area contributed by atoms with Crippen LogP contribution in [0, 0.1) is 19.8 Å². The minimum absolute atomic E-state index is 0.125. The lowest BCUT2D eigenvalue weighted by molar-refractivity contribution is -0.155. The van der Waals surface area contributed by atoms with Crippen LogP contribution in [0.2, 0.25) is 0 Å². The van der Waals surface area contributed by atoms with Gasteiger partial charge in [0.1, 0.15) is 13.2 Å². The molecule has 5 rings (SSSR count). The number of carbonyl (C=O) groups excluding carboxylic acids is 2. The van der Waals surface area contributed by atoms with Crippen LogP contribution in [0.4, 0.5) is 5.95 Å². The maximum absolute atomic E-state index is 14.6. The fourth-order valence-electron chi connectivity index (χ4n) is 5.82. The van der Waals surface area contributed by atoms with Crippen molar-refractivity contribution in [1.82, 2.24) is 20.0 Å². The van der Waals surface area contributed by atoms with Gasteiger partial charge in [-0.1, -0.05) is 81.8 Å². The van der Waals surface area contributed by atoms with Gasteiger partial charge in [-0.2, -0.15) is 4.98 Å². The van der Waals surface area contributed by atoms with E-state index in [4.69, 9.17) is 19.4 Å². The Hall–Kier alpha value is -4.41. The van der Waals surface area contributed by atoms with Gasteiger partial charge < -0.3 is 9.47 Å². The maximum atomic E-state index is 14.6. The summed E-state index contributed by atoms with van der Waals surface area (Å²) in [7, 11) is 0. The fraction of sp³-hybridized carbons (Fsp3) is 0.368. The predicted octanol–water partition coefficient (Wildman–Crippen LogP) is 7.89. The highest BCUT2D eigenvalue weighted by Crippen LogP contribution is 2.31. The monoisotopic (exact) mass is 667 g/mol. The summed E-state index contributed by atoms with van der Waals surface area (Å²) in [5.41, 5.74) is 5.40. The summed E-state index contributed by atoms with van der Waals surface area (Å²) in [6, 6.07) is 24.7. The van der Waals surface area contributed by atoms with Gasteiger partial charge in [-0.05, 0) is 79.4 Å². The number of carbonyl (C=O) groups is 2. The molecule has 1 N–H and O–H groups in total. The highest BCUT2D eigenvalue weighted by molar-refractivity contribution is 8.00. The van der Waals surface area contributed by atoms with Gasteiger partial charge in [0.25, 0.3) is 11.8 Å². The molecular weight excluding hydrogens is 623 g/mol. The summed E-state index contributed by atoms with van der Waals surface area (Å²) >= 11 is 1.32. The van der Waals surface area contributed by atoms with Gasteiger partial charge in [-0.25, -0.2) is 15.0 Å². The van der Waals surface area contributed by atoms with Crippen LogP contribution in [0.3, 0.4) is 0 Å². The zero-order valence-corrected chi connectivity index (χ0v) is 29.3. The van der Waals surface area contributed by atoms with E-state index in [0.717, 1.165) is 45.7 Å². The number of fused-ring (bicyclic) bond motifs is 4. The lowest BCUT2D eigenvalue weighted by atomic mass is 10.00. The van der Waals surface area contributed by atoms with Gasteiger partial charge in [0.15, 0.2) is 0 Å². The topological polar surface area (TPSA) is 96.9 Å². The van der Waals surface area contributed by atoms with E-state index < -0.39 is 6.04 Å². The molecule has 0 unspecified atom stereocenters. The van der Waals surface area contributed by atoms with E-state index >= 15 is 0 Å². The Morgan fingerprint density at radius 1 is 1.04 bits per heavy atom. The van der Waals surface area contributed by atoms with Crippen LogP contribution >= 0.6 is 11.9 Å². The minimum Gasteiger partial charge on any atom is -0.475 e. The van der Waals surface area contributed by atoms with Crippen LogP contribution in [0.15, 0.2) is 83.8 Å². The zero-order valence-electron chi connectivity index (χ0n) is 28.4. The van der Waals surface area contributed by atoms with E-state index in [-0.39, 0.29) is 30.9 Å². The molecule has 0 spiro atoms. The SMILES string of the molecule is CCCCN(C(=O)COCc1ccccc1)N1C(=O)c2cccc(c2)SNc2nc(cc(-c3c(C)cccc3C)n2)OC[C@H]1CC(C)C. The number of rotatable bonds is 11. The third kappa shape index (κ3) is 8.93. The third-order valence-electron chi connectivity index (χ3n) is 8.11. The van der Waals surface area contributed by atoms with Crippen LogP contribution < -0.4 is 9.46 Å². The molecule has 0 radical (unpaired) electrons. The normalized spacial score (nSPS) is 14.8. The second kappa shape index (κ2) is 16.6. The minimum atomic E-state index is -0.473. The molecule has 1 aliphatic heterocycles. The first-order chi connectivity index (χ1) is 23.2. The van der Waals surface area contributed by atoms with Crippen molar-refractivity contribution >= 4 is 29.7 Å². The molecule has 10 heteroatoms. The Labute approximate surface area is 288 Å². The average Bonchev–Trinajstić information content (AvgIpc) is 3.08. The Morgan fingerprint density at radius 3 is 2.52 bits per heavy atom. The number of anilines is 1. The quantitative estimate of drug-likeness (QED) is 0.161. The average molecular weight is 668 g/mol. The second-order valence-electron chi connectivity index (χ2n) is 12.5. The number of hydrogen-bond donors (Lipinski definition) is 1. The number of amides is 2. The molecule has 4 bridgehead atoms. The van der Waals surface area contributed by atoms with E-state index in [0.29, 0.717) is 37.0 Å². The van der Waals surface area contributed by atoms with Crippen molar-refractivity contribution in [3.8, 4) is 17.1 Å².